The van der Waals surface area contributed by atoms with E-state index in [0.29, 0.717) is 24.3 Å². The average molecular weight is 407 g/mol. The van der Waals surface area contributed by atoms with Crippen molar-refractivity contribution in [2.75, 3.05) is 19.3 Å². The molecule has 0 aromatic carbocycles. The Morgan fingerprint density at radius 2 is 2.11 bits per heavy atom. The second-order valence-electron chi connectivity index (χ2n) is 8.14. The van der Waals surface area contributed by atoms with E-state index < -0.39 is 0 Å². The van der Waals surface area contributed by atoms with Gasteiger partial charge in [0.1, 0.15) is 5.82 Å². The molecule has 1 saturated carbocycles. The number of hydrogen-bond donors (Lipinski definition) is 2. The highest BCUT2D eigenvalue weighted by atomic mass is 32.2. The lowest BCUT2D eigenvalue weighted by molar-refractivity contribution is 0.0992. The second kappa shape index (κ2) is 9.48. The number of aliphatic imine (C=N–C) groups is 1. The Bertz CT molecular complexity index is 672. The zero-order valence-corrected chi connectivity index (χ0v) is 18.0. The van der Waals surface area contributed by atoms with Gasteiger partial charge in [0.2, 0.25) is 0 Å². The number of guanidine groups is 1. The maximum Gasteiger partial charge on any atom is 0.191 e. The van der Waals surface area contributed by atoms with E-state index in [2.05, 4.69) is 38.6 Å². The third kappa shape index (κ3) is 4.48. The molecule has 0 amide bonds. The van der Waals surface area contributed by atoms with Crippen LogP contribution in [0, 0.1) is 0 Å². The maximum absolute atomic E-state index is 5.96. The van der Waals surface area contributed by atoms with Gasteiger partial charge in [-0.2, -0.15) is 0 Å². The summed E-state index contributed by atoms with van der Waals surface area (Å²) < 4.78 is 8.36. The Morgan fingerprint density at radius 3 is 2.79 bits per heavy atom. The van der Waals surface area contributed by atoms with Gasteiger partial charge in [-0.25, -0.2) is 0 Å². The largest absolute Gasteiger partial charge is 0.373 e. The van der Waals surface area contributed by atoms with Gasteiger partial charge >= 0.3 is 0 Å². The molecule has 156 valence electrons. The van der Waals surface area contributed by atoms with Gasteiger partial charge < -0.3 is 19.9 Å². The van der Waals surface area contributed by atoms with Crippen LogP contribution >= 0.6 is 11.8 Å². The Balaban J connectivity index is 1.31. The van der Waals surface area contributed by atoms with Gasteiger partial charge in [0, 0.05) is 25.6 Å². The number of nitrogens with zero attached hydrogens (tertiary/aromatic N) is 4. The molecule has 3 fully saturated rings. The lowest BCUT2D eigenvalue weighted by Crippen LogP contribution is -2.47. The Labute approximate surface area is 172 Å². The first-order chi connectivity index (χ1) is 13.8. The summed E-state index contributed by atoms with van der Waals surface area (Å²) in [6.45, 7) is 3.78. The summed E-state index contributed by atoms with van der Waals surface area (Å²) in [6, 6.07) is 0.999. The summed E-state index contributed by atoms with van der Waals surface area (Å²) in [5, 5.41) is 16.9. The van der Waals surface area contributed by atoms with Crippen molar-refractivity contribution in [3.63, 3.8) is 0 Å². The van der Waals surface area contributed by atoms with Crippen LogP contribution in [-0.2, 0) is 11.2 Å². The number of ether oxygens (including phenoxy) is 1. The Morgan fingerprint density at radius 1 is 1.25 bits per heavy atom. The van der Waals surface area contributed by atoms with Crippen LogP contribution in [0.2, 0.25) is 0 Å². The predicted octanol–water partition coefficient (Wildman–Crippen LogP) is 2.92. The van der Waals surface area contributed by atoms with Crippen molar-refractivity contribution in [2.24, 2.45) is 4.99 Å². The maximum atomic E-state index is 5.96. The molecule has 1 aliphatic carbocycles. The number of aromatic nitrogens is 3. The van der Waals surface area contributed by atoms with Crippen molar-refractivity contribution >= 4 is 17.7 Å². The molecule has 3 atom stereocenters. The summed E-state index contributed by atoms with van der Waals surface area (Å²) in [5.41, 5.74) is 0. The summed E-state index contributed by atoms with van der Waals surface area (Å²) in [7, 11) is 0. The monoisotopic (exact) mass is 406 g/mol. The van der Waals surface area contributed by atoms with Gasteiger partial charge in [0.05, 0.1) is 18.2 Å². The molecule has 8 heteroatoms. The molecule has 1 aromatic rings. The van der Waals surface area contributed by atoms with Crippen molar-refractivity contribution in [1.29, 1.82) is 0 Å². The quantitative estimate of drug-likeness (QED) is 0.299. The number of aryl methyl sites for hydroxylation is 1. The third-order valence-corrected chi connectivity index (χ3v) is 6.85. The fourth-order valence-electron chi connectivity index (χ4n) is 4.86. The molecule has 28 heavy (non-hydrogen) atoms. The van der Waals surface area contributed by atoms with E-state index in [-0.39, 0.29) is 0 Å². The Hall–Kier alpha value is -1.28. The van der Waals surface area contributed by atoms with Crippen LogP contribution < -0.4 is 10.6 Å². The van der Waals surface area contributed by atoms with Crippen LogP contribution in [-0.4, -0.2) is 58.3 Å². The van der Waals surface area contributed by atoms with E-state index in [1.807, 2.05) is 0 Å². The summed E-state index contributed by atoms with van der Waals surface area (Å²) in [4.78, 5) is 4.81. The molecule has 2 saturated heterocycles. The highest BCUT2D eigenvalue weighted by Crippen LogP contribution is 2.34. The van der Waals surface area contributed by atoms with Crippen LogP contribution in [0.15, 0.2) is 10.1 Å². The number of hydrogen-bond acceptors (Lipinski definition) is 5. The van der Waals surface area contributed by atoms with Gasteiger partial charge in [-0.15, -0.1) is 10.2 Å². The summed E-state index contributed by atoms with van der Waals surface area (Å²) in [6.07, 6.45) is 13.5. The van der Waals surface area contributed by atoms with Gasteiger partial charge in [0.25, 0.3) is 0 Å². The molecule has 0 radical (unpaired) electrons. The normalized spacial score (nSPS) is 27.6. The zero-order valence-electron chi connectivity index (χ0n) is 17.2. The minimum absolute atomic E-state index is 0.365. The van der Waals surface area contributed by atoms with E-state index in [1.54, 1.807) is 11.8 Å². The summed E-state index contributed by atoms with van der Waals surface area (Å²) >= 11 is 1.71. The van der Waals surface area contributed by atoms with E-state index in [0.717, 1.165) is 49.3 Å². The van der Waals surface area contributed by atoms with Crippen molar-refractivity contribution in [3.05, 3.63) is 5.82 Å². The number of thioether (sulfide) groups is 1. The molecular formula is C20H34N6OS. The van der Waals surface area contributed by atoms with E-state index in [9.17, 15) is 0 Å². The average Bonchev–Trinajstić information content (AvgIpc) is 3.49. The highest BCUT2D eigenvalue weighted by Gasteiger charge is 2.41. The van der Waals surface area contributed by atoms with Gasteiger partial charge in [-0.3, -0.25) is 4.99 Å². The van der Waals surface area contributed by atoms with Crippen LogP contribution in [0.3, 0.4) is 0 Å². The third-order valence-electron chi connectivity index (χ3n) is 6.21. The molecule has 3 aliphatic rings. The van der Waals surface area contributed by atoms with Crippen LogP contribution in [0.25, 0.3) is 0 Å². The number of rotatable bonds is 8. The van der Waals surface area contributed by atoms with Gasteiger partial charge in [-0.1, -0.05) is 24.6 Å². The van der Waals surface area contributed by atoms with Crippen molar-refractivity contribution in [1.82, 2.24) is 25.4 Å². The van der Waals surface area contributed by atoms with E-state index in [1.165, 1.54) is 38.5 Å². The smallest absolute Gasteiger partial charge is 0.191 e. The molecule has 0 spiro atoms. The fraction of sp³-hybridized carbons (Fsp3) is 0.850. The fourth-order valence-corrected chi connectivity index (χ4v) is 5.43. The lowest BCUT2D eigenvalue weighted by atomic mass is 9.96. The van der Waals surface area contributed by atoms with Crippen molar-refractivity contribution < 1.29 is 4.74 Å². The molecule has 7 nitrogen and oxygen atoms in total. The molecule has 3 unspecified atom stereocenters. The molecule has 2 aliphatic heterocycles. The van der Waals surface area contributed by atoms with Crippen molar-refractivity contribution in [2.45, 2.75) is 94.2 Å². The number of fused-ring (bicyclic) bond motifs is 2. The van der Waals surface area contributed by atoms with Crippen molar-refractivity contribution in [3.8, 4) is 0 Å². The SMILES string of the molecule is CCNC(=NCCCc1nnc(SC)n1C1CCCC1)NC1CC2CCC1O2. The van der Waals surface area contributed by atoms with E-state index >= 15 is 0 Å². The van der Waals surface area contributed by atoms with Gasteiger partial charge in [-0.05, 0) is 51.7 Å². The zero-order chi connectivity index (χ0) is 19.3. The molecule has 2 bridgehead atoms. The number of nitrogens with one attached hydrogen (secondary N) is 2. The molecular weight excluding hydrogens is 372 g/mol. The first-order valence-corrected chi connectivity index (χ1v) is 12.2. The van der Waals surface area contributed by atoms with Gasteiger partial charge in [0.15, 0.2) is 11.1 Å². The molecule has 3 heterocycles. The minimum atomic E-state index is 0.365. The van der Waals surface area contributed by atoms with E-state index in [4.69, 9.17) is 9.73 Å². The second-order valence-corrected chi connectivity index (χ2v) is 8.91. The molecule has 4 rings (SSSR count). The summed E-state index contributed by atoms with van der Waals surface area (Å²) in [5.74, 6) is 2.05. The topological polar surface area (TPSA) is 76.4 Å². The highest BCUT2D eigenvalue weighted by molar-refractivity contribution is 7.98. The first kappa shape index (κ1) is 20.0. The van der Waals surface area contributed by atoms with Crippen LogP contribution in [0.5, 0.6) is 0 Å². The minimum Gasteiger partial charge on any atom is -0.373 e. The molecule has 1 aromatic heterocycles. The lowest BCUT2D eigenvalue weighted by Gasteiger charge is -2.22. The molecule has 2 N–H and O–H groups in total. The predicted molar refractivity (Wildman–Crippen MR) is 113 cm³/mol. The standard InChI is InChI=1S/C20H34N6OS/c1-3-21-19(23-16-13-15-10-11-17(16)27-15)22-12-6-9-18-24-25-20(28-2)26(18)14-7-4-5-8-14/h14-17H,3-13H2,1-2H3,(H2,21,22,23). The Kier molecular flexibility index (Phi) is 6.77. The van der Waals surface area contributed by atoms with Crippen LogP contribution in [0.1, 0.15) is 70.2 Å². The van der Waals surface area contributed by atoms with Crippen LogP contribution in [0.4, 0.5) is 0 Å². The first-order valence-electron chi connectivity index (χ1n) is 11.0.